The second-order valence-corrected chi connectivity index (χ2v) is 13.1. The van der Waals surface area contributed by atoms with Gasteiger partial charge in [-0.15, -0.1) is 0 Å². The van der Waals surface area contributed by atoms with Crippen molar-refractivity contribution in [2.75, 3.05) is 5.32 Å². The average Bonchev–Trinajstić information content (AvgIpc) is 2.43. The molecule has 23 heavy (non-hydrogen) atoms. The highest BCUT2D eigenvalue weighted by Gasteiger charge is 2.23. The molecule has 1 amide bonds. The molecule has 2 aromatic rings. The number of carbonyl (C=O) groups is 1. The largest absolute Gasteiger partial charge is 0.543 e. The smallest absolute Gasteiger partial charge is 0.259 e. The number of nitrogens with one attached hydrogen (secondary N) is 1. The molecule has 0 aliphatic heterocycles. The van der Waals surface area contributed by atoms with Crippen molar-refractivity contribution in [3.05, 3.63) is 55.4 Å². The van der Waals surface area contributed by atoms with E-state index >= 15 is 0 Å². The molecule has 3 nitrogen and oxygen atoms in total. The first-order valence-corrected chi connectivity index (χ1v) is 12.7. The SMILES string of the molecule is C[Si](C)(C)Oc1c(Br)cc(Br)cc1C(=O)Nc1ccc(Br)cc1. The Hall–Kier alpha value is -0.633. The van der Waals surface area contributed by atoms with Gasteiger partial charge in [0.25, 0.3) is 5.91 Å². The van der Waals surface area contributed by atoms with Gasteiger partial charge in [0.2, 0.25) is 8.32 Å². The summed E-state index contributed by atoms with van der Waals surface area (Å²) in [6, 6.07) is 11.1. The van der Waals surface area contributed by atoms with Gasteiger partial charge < -0.3 is 9.74 Å². The third-order valence-corrected chi connectivity index (χ3v) is 5.16. The third-order valence-electron chi connectivity index (χ3n) is 2.76. The molecule has 0 radical (unpaired) electrons. The van der Waals surface area contributed by atoms with Gasteiger partial charge in [-0.3, -0.25) is 4.79 Å². The van der Waals surface area contributed by atoms with Crippen LogP contribution >= 0.6 is 47.8 Å². The monoisotopic (exact) mass is 519 g/mol. The van der Waals surface area contributed by atoms with Crippen molar-refractivity contribution in [1.82, 2.24) is 0 Å². The predicted molar refractivity (Wildman–Crippen MR) is 108 cm³/mol. The van der Waals surface area contributed by atoms with Crippen molar-refractivity contribution < 1.29 is 9.22 Å². The van der Waals surface area contributed by atoms with E-state index in [9.17, 15) is 4.79 Å². The van der Waals surface area contributed by atoms with E-state index in [0.29, 0.717) is 11.3 Å². The van der Waals surface area contributed by atoms with Crippen LogP contribution in [0.15, 0.2) is 49.8 Å². The molecule has 0 atom stereocenters. The zero-order valence-corrected chi connectivity index (χ0v) is 18.7. The first-order valence-electron chi connectivity index (χ1n) is 6.91. The fourth-order valence-corrected chi connectivity index (χ4v) is 4.42. The Morgan fingerprint density at radius 1 is 1.00 bits per heavy atom. The zero-order chi connectivity index (χ0) is 17.2. The Bertz CT molecular complexity index is 727. The second kappa shape index (κ2) is 7.50. The normalized spacial score (nSPS) is 11.2. The van der Waals surface area contributed by atoms with Crippen molar-refractivity contribution in [3.8, 4) is 5.75 Å². The van der Waals surface area contributed by atoms with E-state index in [1.807, 2.05) is 30.3 Å². The quantitative estimate of drug-likeness (QED) is 0.470. The van der Waals surface area contributed by atoms with Gasteiger partial charge in [-0.25, -0.2) is 0 Å². The Labute approximate surface area is 162 Å². The first-order chi connectivity index (χ1) is 10.7. The summed E-state index contributed by atoms with van der Waals surface area (Å²) in [5.74, 6) is 0.379. The van der Waals surface area contributed by atoms with E-state index in [4.69, 9.17) is 4.43 Å². The van der Waals surface area contributed by atoms with Crippen molar-refractivity contribution in [1.29, 1.82) is 0 Å². The Kier molecular flexibility index (Phi) is 6.10. The van der Waals surface area contributed by atoms with Crippen molar-refractivity contribution in [2.24, 2.45) is 0 Å². The van der Waals surface area contributed by atoms with Crippen LogP contribution in [0.2, 0.25) is 19.6 Å². The Morgan fingerprint density at radius 3 is 2.17 bits per heavy atom. The van der Waals surface area contributed by atoms with E-state index < -0.39 is 8.32 Å². The lowest BCUT2D eigenvalue weighted by atomic mass is 10.2. The van der Waals surface area contributed by atoms with Crippen LogP contribution in [0.1, 0.15) is 10.4 Å². The standard InChI is InChI=1S/C16H16Br3NO2Si/c1-23(2,3)22-15-13(8-11(18)9-14(15)19)16(21)20-12-6-4-10(17)5-7-12/h4-9H,1-3H3,(H,20,21). The summed E-state index contributed by atoms with van der Waals surface area (Å²) in [7, 11) is -1.86. The number of amides is 1. The predicted octanol–water partition coefficient (Wildman–Crippen LogP) is 6.44. The Morgan fingerprint density at radius 2 is 1.61 bits per heavy atom. The van der Waals surface area contributed by atoms with Crippen LogP contribution in [0.4, 0.5) is 5.69 Å². The van der Waals surface area contributed by atoms with Crippen molar-refractivity contribution >= 4 is 67.7 Å². The number of hydrogen-bond acceptors (Lipinski definition) is 2. The molecule has 7 heteroatoms. The van der Waals surface area contributed by atoms with Crippen LogP contribution in [-0.4, -0.2) is 14.2 Å². The van der Waals surface area contributed by atoms with Gasteiger partial charge in [0.05, 0.1) is 10.0 Å². The van der Waals surface area contributed by atoms with E-state index in [1.54, 1.807) is 6.07 Å². The van der Waals surface area contributed by atoms with Gasteiger partial charge in [0.15, 0.2) is 0 Å². The van der Waals surface area contributed by atoms with Gasteiger partial charge >= 0.3 is 0 Å². The molecule has 0 aliphatic carbocycles. The topological polar surface area (TPSA) is 38.3 Å². The molecule has 0 fully saturated rings. The van der Waals surface area contributed by atoms with Crippen LogP contribution in [0, 0.1) is 0 Å². The zero-order valence-electron chi connectivity index (χ0n) is 12.9. The number of hydrogen-bond donors (Lipinski definition) is 1. The van der Waals surface area contributed by atoms with Gasteiger partial charge in [-0.05, 0) is 72.0 Å². The lowest BCUT2D eigenvalue weighted by Gasteiger charge is -2.23. The first kappa shape index (κ1) is 18.7. The molecule has 0 heterocycles. The third kappa shape index (κ3) is 5.44. The molecule has 0 bridgehead atoms. The molecule has 0 saturated carbocycles. The lowest BCUT2D eigenvalue weighted by molar-refractivity contribution is 0.102. The fourth-order valence-electron chi connectivity index (χ4n) is 1.87. The minimum Gasteiger partial charge on any atom is -0.543 e. The highest BCUT2D eigenvalue weighted by molar-refractivity contribution is 9.11. The van der Waals surface area contributed by atoms with E-state index in [1.165, 1.54) is 0 Å². The van der Waals surface area contributed by atoms with Gasteiger partial charge in [-0.2, -0.15) is 0 Å². The molecule has 2 aromatic carbocycles. The molecule has 122 valence electrons. The molecule has 1 N–H and O–H groups in total. The van der Waals surface area contributed by atoms with Gasteiger partial charge in [-0.1, -0.05) is 31.9 Å². The number of rotatable bonds is 4. The summed E-state index contributed by atoms with van der Waals surface area (Å²) in [4.78, 5) is 12.7. The Balaban J connectivity index is 2.36. The fraction of sp³-hybridized carbons (Fsp3) is 0.188. The summed E-state index contributed by atoms with van der Waals surface area (Å²) in [5, 5.41) is 2.90. The maximum atomic E-state index is 12.7. The molecule has 0 unspecified atom stereocenters. The summed E-state index contributed by atoms with van der Waals surface area (Å²) in [6.07, 6.45) is 0. The molecule has 0 aliphatic rings. The number of carbonyl (C=O) groups excluding carboxylic acids is 1. The van der Waals surface area contributed by atoms with Crippen molar-refractivity contribution in [2.45, 2.75) is 19.6 Å². The molecular weight excluding hydrogens is 506 g/mol. The number of anilines is 1. The average molecular weight is 522 g/mol. The van der Waals surface area contributed by atoms with Crippen molar-refractivity contribution in [3.63, 3.8) is 0 Å². The van der Waals surface area contributed by atoms with Gasteiger partial charge in [0.1, 0.15) is 5.75 Å². The van der Waals surface area contributed by atoms with Crippen LogP contribution in [0.3, 0.4) is 0 Å². The molecular formula is C16H16Br3NO2Si. The summed E-state index contributed by atoms with van der Waals surface area (Å²) in [5.41, 5.74) is 1.23. The van der Waals surface area contributed by atoms with Crippen LogP contribution in [0.25, 0.3) is 0 Å². The molecule has 0 saturated heterocycles. The summed E-state index contributed by atoms with van der Waals surface area (Å²) < 4.78 is 8.63. The number of benzene rings is 2. The van der Waals surface area contributed by atoms with E-state index in [0.717, 1.165) is 19.1 Å². The van der Waals surface area contributed by atoms with E-state index in [2.05, 4.69) is 72.7 Å². The number of halogens is 3. The van der Waals surface area contributed by atoms with Crippen LogP contribution < -0.4 is 9.74 Å². The van der Waals surface area contributed by atoms with Crippen LogP contribution in [0.5, 0.6) is 5.75 Å². The highest BCUT2D eigenvalue weighted by atomic mass is 79.9. The minimum absolute atomic E-state index is 0.206. The summed E-state index contributed by atoms with van der Waals surface area (Å²) in [6.45, 7) is 6.24. The second-order valence-electron chi connectivity index (χ2n) is 5.94. The lowest BCUT2D eigenvalue weighted by Crippen LogP contribution is -2.30. The maximum absolute atomic E-state index is 12.7. The molecule has 0 spiro atoms. The van der Waals surface area contributed by atoms with Gasteiger partial charge in [0, 0.05) is 14.6 Å². The van der Waals surface area contributed by atoms with E-state index in [-0.39, 0.29) is 5.91 Å². The minimum atomic E-state index is -1.86. The molecule has 2 rings (SSSR count). The highest BCUT2D eigenvalue weighted by Crippen LogP contribution is 2.35. The molecule has 0 aromatic heterocycles. The van der Waals surface area contributed by atoms with Crippen LogP contribution in [-0.2, 0) is 0 Å². The summed E-state index contributed by atoms with van der Waals surface area (Å²) >= 11 is 10.3. The maximum Gasteiger partial charge on any atom is 0.259 e.